The smallest absolute Gasteiger partial charge is 0.222 e. The van der Waals surface area contributed by atoms with Gasteiger partial charge in [0.25, 0.3) is 0 Å². The van der Waals surface area contributed by atoms with Crippen molar-refractivity contribution in [3.05, 3.63) is 54.6 Å². The maximum absolute atomic E-state index is 12.6. The highest BCUT2D eigenvalue weighted by atomic mass is 16.2. The molecule has 5 heteroatoms. The summed E-state index contributed by atoms with van der Waals surface area (Å²) in [6, 6.07) is 11.0. The van der Waals surface area contributed by atoms with Crippen molar-refractivity contribution in [3.8, 4) is 0 Å². The minimum atomic E-state index is 0.318. The van der Waals surface area contributed by atoms with Gasteiger partial charge in [0.05, 0.1) is 6.33 Å². The molecule has 1 spiro atoms. The average Bonchev–Trinajstić information content (AvgIpc) is 3.22. The molecular formula is C23H32N4O. The van der Waals surface area contributed by atoms with Crippen molar-refractivity contribution >= 4 is 5.91 Å². The number of nitrogens with zero attached hydrogens (tertiary/aromatic N) is 4. The fourth-order valence-corrected chi connectivity index (χ4v) is 5.20. The Kier molecular flexibility index (Phi) is 5.81. The average molecular weight is 381 g/mol. The molecular weight excluding hydrogens is 348 g/mol. The van der Waals surface area contributed by atoms with Crippen molar-refractivity contribution in [2.75, 3.05) is 33.2 Å². The van der Waals surface area contributed by atoms with Crippen LogP contribution in [-0.4, -0.2) is 58.5 Å². The van der Waals surface area contributed by atoms with E-state index in [0.29, 0.717) is 23.7 Å². The number of hydrogen-bond donors (Lipinski definition) is 0. The van der Waals surface area contributed by atoms with Gasteiger partial charge in [-0.2, -0.15) is 0 Å². The van der Waals surface area contributed by atoms with Crippen LogP contribution >= 0.6 is 0 Å². The lowest BCUT2D eigenvalue weighted by Gasteiger charge is -2.49. The number of rotatable bonds is 5. The minimum Gasteiger partial charge on any atom is -0.343 e. The van der Waals surface area contributed by atoms with Gasteiger partial charge in [0.15, 0.2) is 0 Å². The SMILES string of the molecule is CN1C[C@@H](c2ccccc2)CC2(CCN(C(=O)CCCn3ccnc3)CC2)C1. The molecule has 1 aromatic heterocycles. The molecule has 5 nitrogen and oxygen atoms in total. The summed E-state index contributed by atoms with van der Waals surface area (Å²) in [5, 5.41) is 0. The van der Waals surface area contributed by atoms with E-state index in [2.05, 4.69) is 52.2 Å². The largest absolute Gasteiger partial charge is 0.343 e. The third-order valence-corrected chi connectivity index (χ3v) is 6.63. The summed E-state index contributed by atoms with van der Waals surface area (Å²) in [6.07, 6.45) is 10.6. The normalized spacial score (nSPS) is 22.5. The number of likely N-dealkylation sites (N-methyl/N-ethyl adjacent to an activating group) is 1. The van der Waals surface area contributed by atoms with Crippen LogP contribution in [0.25, 0.3) is 0 Å². The molecule has 0 unspecified atom stereocenters. The van der Waals surface area contributed by atoms with Gasteiger partial charge in [0.2, 0.25) is 5.91 Å². The van der Waals surface area contributed by atoms with E-state index in [1.165, 1.54) is 18.5 Å². The Bertz CT molecular complexity index is 750. The number of carbonyl (C=O) groups is 1. The monoisotopic (exact) mass is 380 g/mol. The molecule has 2 saturated heterocycles. The standard InChI is InChI=1S/C23H32N4O/c1-25-17-21(20-6-3-2-4-7-20)16-23(18-25)9-13-27(14-10-23)22(28)8-5-12-26-15-11-24-19-26/h2-4,6-7,11,15,19,21H,5,8-10,12-14,16-18H2,1H3/t21-/m0/s1. The van der Waals surface area contributed by atoms with E-state index in [1.54, 1.807) is 6.20 Å². The summed E-state index contributed by atoms with van der Waals surface area (Å²) in [5.74, 6) is 0.927. The van der Waals surface area contributed by atoms with Crippen LogP contribution in [0.5, 0.6) is 0 Å². The number of imidazole rings is 1. The molecule has 0 aliphatic carbocycles. The van der Waals surface area contributed by atoms with Gasteiger partial charge in [-0.3, -0.25) is 4.79 Å². The summed E-state index contributed by atoms with van der Waals surface area (Å²) < 4.78 is 2.04. The van der Waals surface area contributed by atoms with E-state index in [0.717, 1.165) is 45.4 Å². The molecule has 3 heterocycles. The zero-order valence-electron chi connectivity index (χ0n) is 17.0. The Morgan fingerprint density at radius 3 is 2.71 bits per heavy atom. The predicted molar refractivity (Wildman–Crippen MR) is 111 cm³/mol. The quantitative estimate of drug-likeness (QED) is 0.798. The molecule has 0 N–H and O–H groups in total. The fraction of sp³-hybridized carbons (Fsp3) is 0.565. The lowest BCUT2D eigenvalue weighted by molar-refractivity contribution is -0.134. The van der Waals surface area contributed by atoms with Crippen LogP contribution in [0.4, 0.5) is 0 Å². The highest BCUT2D eigenvalue weighted by Gasteiger charge is 2.41. The first kappa shape index (κ1) is 19.2. The maximum atomic E-state index is 12.6. The topological polar surface area (TPSA) is 41.4 Å². The van der Waals surface area contributed by atoms with Crippen molar-refractivity contribution in [1.29, 1.82) is 0 Å². The second-order valence-electron chi connectivity index (χ2n) is 8.79. The van der Waals surface area contributed by atoms with Crippen LogP contribution in [0.2, 0.25) is 0 Å². The summed E-state index contributed by atoms with van der Waals surface area (Å²) in [5.41, 5.74) is 1.83. The van der Waals surface area contributed by atoms with Gasteiger partial charge in [-0.25, -0.2) is 4.98 Å². The molecule has 150 valence electrons. The van der Waals surface area contributed by atoms with Crippen molar-refractivity contribution in [3.63, 3.8) is 0 Å². The number of hydrogen-bond acceptors (Lipinski definition) is 3. The van der Waals surface area contributed by atoms with Gasteiger partial charge in [0, 0.05) is 51.5 Å². The number of carbonyl (C=O) groups excluding carboxylic acids is 1. The lowest BCUT2D eigenvalue weighted by atomic mass is 9.68. The van der Waals surface area contributed by atoms with E-state index in [1.807, 2.05) is 17.1 Å². The molecule has 2 aliphatic rings. The van der Waals surface area contributed by atoms with Gasteiger partial charge in [-0.15, -0.1) is 0 Å². The molecule has 2 fully saturated rings. The molecule has 1 atom stereocenters. The van der Waals surface area contributed by atoms with Crippen molar-refractivity contribution in [2.24, 2.45) is 5.41 Å². The van der Waals surface area contributed by atoms with E-state index < -0.39 is 0 Å². The first-order valence-corrected chi connectivity index (χ1v) is 10.6. The Morgan fingerprint density at radius 1 is 1.21 bits per heavy atom. The van der Waals surface area contributed by atoms with Crippen LogP contribution in [0.15, 0.2) is 49.1 Å². The summed E-state index contributed by atoms with van der Waals surface area (Å²) in [7, 11) is 2.25. The van der Waals surface area contributed by atoms with Gasteiger partial charge in [0.1, 0.15) is 0 Å². The van der Waals surface area contributed by atoms with Gasteiger partial charge < -0.3 is 14.4 Å². The van der Waals surface area contributed by atoms with Gasteiger partial charge in [-0.05, 0) is 49.6 Å². The van der Waals surface area contributed by atoms with Gasteiger partial charge >= 0.3 is 0 Å². The molecule has 4 rings (SSSR count). The number of likely N-dealkylation sites (tertiary alicyclic amines) is 2. The van der Waals surface area contributed by atoms with Crippen LogP contribution in [0.3, 0.4) is 0 Å². The van der Waals surface area contributed by atoms with Crippen LogP contribution < -0.4 is 0 Å². The first-order chi connectivity index (χ1) is 13.6. The molecule has 1 amide bonds. The third kappa shape index (κ3) is 4.46. The third-order valence-electron chi connectivity index (χ3n) is 6.63. The minimum absolute atomic E-state index is 0.318. The Hall–Kier alpha value is -2.14. The molecule has 0 saturated carbocycles. The first-order valence-electron chi connectivity index (χ1n) is 10.6. The molecule has 0 radical (unpaired) electrons. The number of amides is 1. The molecule has 2 aliphatic heterocycles. The zero-order valence-corrected chi connectivity index (χ0v) is 17.0. The molecule has 1 aromatic carbocycles. The zero-order chi connectivity index (χ0) is 19.4. The number of benzene rings is 1. The van der Waals surface area contributed by atoms with Gasteiger partial charge in [-0.1, -0.05) is 30.3 Å². The van der Waals surface area contributed by atoms with E-state index in [9.17, 15) is 4.79 Å². The Labute approximate surface area is 168 Å². The van der Waals surface area contributed by atoms with Crippen LogP contribution in [-0.2, 0) is 11.3 Å². The molecule has 0 bridgehead atoms. The number of piperidine rings is 2. The van der Waals surface area contributed by atoms with Crippen molar-refractivity contribution in [1.82, 2.24) is 19.4 Å². The second-order valence-corrected chi connectivity index (χ2v) is 8.79. The lowest BCUT2D eigenvalue weighted by Crippen LogP contribution is -2.51. The van der Waals surface area contributed by atoms with Crippen molar-refractivity contribution in [2.45, 2.75) is 44.6 Å². The summed E-state index contributed by atoms with van der Waals surface area (Å²) in [6.45, 7) is 5.01. The van der Waals surface area contributed by atoms with E-state index >= 15 is 0 Å². The van der Waals surface area contributed by atoms with Crippen LogP contribution in [0, 0.1) is 5.41 Å². The summed E-state index contributed by atoms with van der Waals surface area (Å²) in [4.78, 5) is 21.3. The maximum Gasteiger partial charge on any atom is 0.222 e. The van der Waals surface area contributed by atoms with Crippen molar-refractivity contribution < 1.29 is 4.79 Å². The van der Waals surface area contributed by atoms with E-state index in [-0.39, 0.29) is 0 Å². The Balaban J connectivity index is 1.30. The predicted octanol–water partition coefficient (Wildman–Crippen LogP) is 3.39. The van der Waals surface area contributed by atoms with E-state index in [4.69, 9.17) is 0 Å². The fourth-order valence-electron chi connectivity index (χ4n) is 5.20. The summed E-state index contributed by atoms with van der Waals surface area (Å²) >= 11 is 0. The number of aromatic nitrogens is 2. The molecule has 2 aromatic rings. The highest BCUT2D eigenvalue weighted by molar-refractivity contribution is 5.76. The number of aryl methyl sites for hydroxylation is 1. The highest BCUT2D eigenvalue weighted by Crippen LogP contribution is 2.44. The van der Waals surface area contributed by atoms with Crippen LogP contribution in [0.1, 0.15) is 43.6 Å². The Morgan fingerprint density at radius 2 is 2.00 bits per heavy atom. The second kappa shape index (κ2) is 8.48. The molecule has 28 heavy (non-hydrogen) atoms.